The van der Waals surface area contributed by atoms with Crippen molar-refractivity contribution >= 4 is 11.6 Å². The van der Waals surface area contributed by atoms with Gasteiger partial charge in [0.2, 0.25) is 0 Å². The number of nitrogens with zero attached hydrogens (tertiary/aromatic N) is 2. The molecule has 0 unspecified atom stereocenters. The van der Waals surface area contributed by atoms with E-state index in [1.807, 2.05) is 20.8 Å². The summed E-state index contributed by atoms with van der Waals surface area (Å²) in [6.07, 6.45) is 2.53. The summed E-state index contributed by atoms with van der Waals surface area (Å²) in [6.45, 7) is 5.85. The van der Waals surface area contributed by atoms with E-state index in [0.717, 1.165) is 29.1 Å². The number of halogens is 2. The first kappa shape index (κ1) is 13.9. The zero-order chi connectivity index (χ0) is 14.0. The second-order valence-electron chi connectivity index (χ2n) is 4.61. The van der Waals surface area contributed by atoms with Crippen LogP contribution in [0.4, 0.5) is 4.39 Å². The molecular formula is C15H16ClFN2. The van der Waals surface area contributed by atoms with Crippen LogP contribution in [0, 0.1) is 19.7 Å². The Balaban J connectivity index is 2.55. The summed E-state index contributed by atoms with van der Waals surface area (Å²) in [5, 5.41) is 0.566. The number of benzene rings is 1. The molecule has 2 nitrogen and oxygen atoms in total. The van der Waals surface area contributed by atoms with Crippen LogP contribution in [-0.4, -0.2) is 9.97 Å². The van der Waals surface area contributed by atoms with Gasteiger partial charge in [-0.2, -0.15) is 0 Å². The highest BCUT2D eigenvalue weighted by atomic mass is 35.5. The number of aromatic nitrogens is 2. The van der Waals surface area contributed by atoms with Crippen molar-refractivity contribution in [1.29, 1.82) is 0 Å². The Kier molecular flexibility index (Phi) is 4.15. The Labute approximate surface area is 117 Å². The molecular weight excluding hydrogens is 263 g/mol. The number of hydrogen-bond acceptors (Lipinski definition) is 2. The molecule has 0 saturated carbocycles. The summed E-state index contributed by atoms with van der Waals surface area (Å²) < 4.78 is 13.4. The lowest BCUT2D eigenvalue weighted by Crippen LogP contribution is -2.08. The van der Waals surface area contributed by atoms with Gasteiger partial charge < -0.3 is 0 Å². The van der Waals surface area contributed by atoms with Crippen LogP contribution in [0.5, 0.6) is 0 Å². The van der Waals surface area contributed by atoms with Crippen LogP contribution in [0.15, 0.2) is 24.4 Å². The van der Waals surface area contributed by atoms with E-state index in [4.69, 9.17) is 11.6 Å². The molecule has 2 rings (SSSR count). The second kappa shape index (κ2) is 5.66. The highest BCUT2D eigenvalue weighted by Gasteiger charge is 2.20. The zero-order valence-corrected chi connectivity index (χ0v) is 12.0. The van der Waals surface area contributed by atoms with Crippen LogP contribution in [0.1, 0.15) is 41.9 Å². The molecule has 0 aliphatic heterocycles. The highest BCUT2D eigenvalue weighted by molar-refractivity contribution is 6.31. The molecule has 0 aliphatic carbocycles. The normalized spacial score (nSPS) is 12.5. The molecule has 0 bridgehead atoms. The molecule has 1 atom stereocenters. The molecule has 0 fully saturated rings. The topological polar surface area (TPSA) is 25.8 Å². The van der Waals surface area contributed by atoms with Gasteiger partial charge in [-0.1, -0.05) is 18.5 Å². The van der Waals surface area contributed by atoms with Crippen LogP contribution in [0.25, 0.3) is 0 Å². The lowest BCUT2D eigenvalue weighted by atomic mass is 9.91. The quantitative estimate of drug-likeness (QED) is 0.830. The van der Waals surface area contributed by atoms with Gasteiger partial charge in [0.25, 0.3) is 0 Å². The summed E-state index contributed by atoms with van der Waals surface area (Å²) in [5.74, 6) is -0.313. The minimum absolute atomic E-state index is 0.0319. The lowest BCUT2D eigenvalue weighted by molar-refractivity contribution is 0.620. The monoisotopic (exact) mass is 278 g/mol. The molecule has 1 heterocycles. The Bertz CT molecular complexity index is 547. The van der Waals surface area contributed by atoms with Crippen molar-refractivity contribution in [3.05, 3.63) is 57.9 Å². The second-order valence-corrected chi connectivity index (χ2v) is 5.02. The van der Waals surface area contributed by atoms with E-state index in [0.29, 0.717) is 5.02 Å². The van der Waals surface area contributed by atoms with Crippen molar-refractivity contribution in [2.45, 2.75) is 33.1 Å². The van der Waals surface area contributed by atoms with Gasteiger partial charge in [0.1, 0.15) is 5.82 Å². The maximum absolute atomic E-state index is 13.4. The van der Waals surface area contributed by atoms with Crippen molar-refractivity contribution in [3.8, 4) is 0 Å². The largest absolute Gasteiger partial charge is 0.258 e. The van der Waals surface area contributed by atoms with E-state index >= 15 is 0 Å². The van der Waals surface area contributed by atoms with Crippen LogP contribution >= 0.6 is 11.6 Å². The van der Waals surface area contributed by atoms with Gasteiger partial charge in [0, 0.05) is 17.1 Å². The summed E-state index contributed by atoms with van der Waals surface area (Å²) in [5.41, 5.74) is 3.35. The van der Waals surface area contributed by atoms with Crippen LogP contribution < -0.4 is 0 Å². The van der Waals surface area contributed by atoms with Crippen molar-refractivity contribution < 1.29 is 4.39 Å². The molecule has 19 heavy (non-hydrogen) atoms. The van der Waals surface area contributed by atoms with Gasteiger partial charge in [-0.3, -0.25) is 9.97 Å². The molecule has 100 valence electrons. The SMILES string of the molecule is CC[C@@H](c1cc(F)ccc1Cl)c1nc(C)cnc1C. The van der Waals surface area contributed by atoms with Gasteiger partial charge in [-0.25, -0.2) is 4.39 Å². The first-order valence-corrected chi connectivity index (χ1v) is 6.65. The highest BCUT2D eigenvalue weighted by Crippen LogP contribution is 2.33. The average molecular weight is 279 g/mol. The van der Waals surface area contributed by atoms with Crippen molar-refractivity contribution in [2.24, 2.45) is 0 Å². The summed E-state index contributed by atoms with van der Waals surface area (Å²) in [4.78, 5) is 8.87. The molecule has 0 radical (unpaired) electrons. The molecule has 0 amide bonds. The maximum Gasteiger partial charge on any atom is 0.123 e. The van der Waals surface area contributed by atoms with Gasteiger partial charge in [-0.15, -0.1) is 0 Å². The van der Waals surface area contributed by atoms with Crippen LogP contribution in [-0.2, 0) is 0 Å². The van der Waals surface area contributed by atoms with Gasteiger partial charge in [-0.05, 0) is 44.0 Å². The van der Waals surface area contributed by atoms with Crippen LogP contribution in [0.2, 0.25) is 5.02 Å². The van der Waals surface area contributed by atoms with E-state index in [1.54, 1.807) is 12.3 Å². The molecule has 0 spiro atoms. The fourth-order valence-electron chi connectivity index (χ4n) is 2.23. The Morgan fingerprint density at radius 2 is 2.05 bits per heavy atom. The Morgan fingerprint density at radius 3 is 2.74 bits per heavy atom. The third-order valence-corrected chi connectivity index (χ3v) is 3.53. The third-order valence-electron chi connectivity index (χ3n) is 3.18. The summed E-state index contributed by atoms with van der Waals surface area (Å²) in [7, 11) is 0. The van der Waals surface area contributed by atoms with Crippen LogP contribution in [0.3, 0.4) is 0 Å². The molecule has 1 aromatic carbocycles. The van der Waals surface area contributed by atoms with Gasteiger partial charge >= 0.3 is 0 Å². The summed E-state index contributed by atoms with van der Waals surface area (Å²) >= 11 is 6.20. The van der Waals surface area contributed by atoms with Crippen molar-refractivity contribution in [3.63, 3.8) is 0 Å². The Hall–Kier alpha value is -1.48. The number of rotatable bonds is 3. The maximum atomic E-state index is 13.4. The van der Waals surface area contributed by atoms with E-state index in [9.17, 15) is 4.39 Å². The van der Waals surface area contributed by atoms with Gasteiger partial charge in [0.15, 0.2) is 0 Å². The molecule has 2 aromatic rings. The Morgan fingerprint density at radius 1 is 1.32 bits per heavy atom. The predicted molar refractivity (Wildman–Crippen MR) is 75.1 cm³/mol. The third kappa shape index (κ3) is 2.92. The standard InChI is InChI=1S/C15H16ClFN2/c1-4-12(13-7-11(17)5-6-14(13)16)15-10(3)18-8-9(2)19-15/h5-8,12H,4H2,1-3H3/t12-/m0/s1. The predicted octanol–water partition coefficient (Wildman–Crippen LogP) is 4.43. The fraction of sp³-hybridized carbons (Fsp3) is 0.333. The average Bonchev–Trinajstić information content (AvgIpc) is 2.38. The smallest absolute Gasteiger partial charge is 0.123 e. The number of aryl methyl sites for hydroxylation is 2. The van der Waals surface area contributed by atoms with Crippen molar-refractivity contribution in [1.82, 2.24) is 9.97 Å². The molecule has 0 N–H and O–H groups in total. The minimum Gasteiger partial charge on any atom is -0.258 e. The zero-order valence-electron chi connectivity index (χ0n) is 11.2. The van der Waals surface area contributed by atoms with Crippen molar-refractivity contribution in [2.75, 3.05) is 0 Å². The molecule has 0 aliphatic rings. The van der Waals surface area contributed by atoms with E-state index in [-0.39, 0.29) is 11.7 Å². The first-order chi connectivity index (χ1) is 9.02. The molecule has 1 aromatic heterocycles. The molecule has 4 heteroatoms. The summed E-state index contributed by atoms with van der Waals surface area (Å²) in [6, 6.07) is 4.45. The van der Waals surface area contributed by atoms with Gasteiger partial charge in [0.05, 0.1) is 17.1 Å². The fourth-order valence-corrected chi connectivity index (χ4v) is 2.48. The minimum atomic E-state index is -0.281. The van der Waals surface area contributed by atoms with E-state index < -0.39 is 0 Å². The van der Waals surface area contributed by atoms with E-state index in [1.165, 1.54) is 12.1 Å². The molecule has 0 saturated heterocycles. The van der Waals surface area contributed by atoms with E-state index in [2.05, 4.69) is 9.97 Å². The first-order valence-electron chi connectivity index (χ1n) is 6.28. The number of hydrogen-bond donors (Lipinski definition) is 0. The lowest BCUT2D eigenvalue weighted by Gasteiger charge is -2.18.